The second-order valence-electron chi connectivity index (χ2n) is 4.03. The number of nitrogens with zero attached hydrogens (tertiary/aromatic N) is 4. The lowest BCUT2D eigenvalue weighted by Gasteiger charge is -2.22. The molecule has 1 aliphatic heterocycles. The van der Waals surface area contributed by atoms with E-state index in [2.05, 4.69) is 25.4 Å². The molecule has 0 amide bonds. The average molecular weight is 247 g/mol. The lowest BCUT2D eigenvalue weighted by atomic mass is 10.2. The lowest BCUT2D eigenvalue weighted by molar-refractivity contribution is 0.0744. The molecule has 2 aromatic heterocycles. The van der Waals surface area contributed by atoms with Crippen molar-refractivity contribution >= 4 is 0 Å². The van der Waals surface area contributed by atoms with Crippen LogP contribution in [0.5, 0.6) is 0 Å². The van der Waals surface area contributed by atoms with Gasteiger partial charge in [-0.1, -0.05) is 5.16 Å². The summed E-state index contributed by atoms with van der Waals surface area (Å²) in [5, 5.41) is 7.23. The SMILES string of the molecule is c1cnc(-c2noc(CC3COCCN3)n2)cn1. The van der Waals surface area contributed by atoms with Crippen molar-refractivity contribution in [2.24, 2.45) is 0 Å². The van der Waals surface area contributed by atoms with Gasteiger partial charge >= 0.3 is 0 Å². The van der Waals surface area contributed by atoms with E-state index in [1.165, 1.54) is 0 Å². The van der Waals surface area contributed by atoms with Crippen LogP contribution in [0.3, 0.4) is 0 Å². The van der Waals surface area contributed by atoms with Crippen LogP contribution in [0, 0.1) is 0 Å². The summed E-state index contributed by atoms with van der Waals surface area (Å²) in [5.74, 6) is 1.05. The molecule has 18 heavy (non-hydrogen) atoms. The predicted molar refractivity (Wildman–Crippen MR) is 61.6 cm³/mol. The Kier molecular flexibility index (Phi) is 3.24. The van der Waals surface area contributed by atoms with Crippen molar-refractivity contribution in [2.45, 2.75) is 12.5 Å². The van der Waals surface area contributed by atoms with Crippen molar-refractivity contribution in [3.63, 3.8) is 0 Å². The molecule has 3 rings (SSSR count). The summed E-state index contributed by atoms with van der Waals surface area (Å²) < 4.78 is 10.6. The fraction of sp³-hybridized carbons (Fsp3) is 0.455. The van der Waals surface area contributed by atoms with Crippen LogP contribution in [0.2, 0.25) is 0 Å². The van der Waals surface area contributed by atoms with Crippen LogP contribution in [0.15, 0.2) is 23.1 Å². The molecule has 1 aliphatic rings. The van der Waals surface area contributed by atoms with E-state index < -0.39 is 0 Å². The largest absolute Gasteiger partial charge is 0.378 e. The summed E-state index contributed by atoms with van der Waals surface area (Å²) in [6.07, 6.45) is 5.47. The Balaban J connectivity index is 1.69. The summed E-state index contributed by atoms with van der Waals surface area (Å²) in [6.45, 7) is 2.28. The van der Waals surface area contributed by atoms with E-state index in [0.29, 0.717) is 30.4 Å². The molecule has 0 saturated carbocycles. The van der Waals surface area contributed by atoms with E-state index in [0.717, 1.165) is 13.2 Å². The molecule has 1 saturated heterocycles. The molecule has 0 radical (unpaired) electrons. The predicted octanol–water partition coefficient (Wildman–Crippen LogP) is 0.0575. The van der Waals surface area contributed by atoms with E-state index in [1.807, 2.05) is 0 Å². The Hall–Kier alpha value is -1.86. The molecule has 3 heterocycles. The van der Waals surface area contributed by atoms with Crippen molar-refractivity contribution < 1.29 is 9.26 Å². The first-order valence-corrected chi connectivity index (χ1v) is 5.82. The van der Waals surface area contributed by atoms with Crippen LogP contribution in [-0.4, -0.2) is 45.9 Å². The monoisotopic (exact) mass is 247 g/mol. The first-order chi connectivity index (χ1) is 8.92. The van der Waals surface area contributed by atoms with Gasteiger partial charge in [0.05, 0.1) is 19.4 Å². The highest BCUT2D eigenvalue weighted by Crippen LogP contribution is 2.12. The second-order valence-corrected chi connectivity index (χ2v) is 4.03. The van der Waals surface area contributed by atoms with Gasteiger partial charge in [0.15, 0.2) is 0 Å². The second kappa shape index (κ2) is 5.19. The molecule has 0 aromatic carbocycles. The molecule has 1 atom stereocenters. The van der Waals surface area contributed by atoms with Crippen molar-refractivity contribution in [1.82, 2.24) is 25.4 Å². The van der Waals surface area contributed by atoms with Gasteiger partial charge in [0.25, 0.3) is 0 Å². The zero-order chi connectivity index (χ0) is 12.2. The molecule has 0 bridgehead atoms. The minimum Gasteiger partial charge on any atom is -0.378 e. The molecular weight excluding hydrogens is 234 g/mol. The standard InChI is InChI=1S/C11H13N5O2/c1-2-14-9(6-12-1)11-15-10(18-16-11)5-8-7-17-4-3-13-8/h1-2,6,8,13H,3-5,7H2. The van der Waals surface area contributed by atoms with Gasteiger partial charge in [-0.2, -0.15) is 4.98 Å². The molecule has 2 aromatic rings. The molecule has 1 unspecified atom stereocenters. The third-order valence-electron chi connectivity index (χ3n) is 2.68. The number of rotatable bonds is 3. The Bertz CT molecular complexity index is 495. The zero-order valence-electron chi connectivity index (χ0n) is 9.74. The maximum atomic E-state index is 5.37. The Morgan fingerprint density at radius 2 is 2.39 bits per heavy atom. The molecule has 1 fully saturated rings. The van der Waals surface area contributed by atoms with Gasteiger partial charge in [-0.15, -0.1) is 0 Å². The quantitative estimate of drug-likeness (QED) is 0.820. The summed E-state index contributed by atoms with van der Waals surface area (Å²) >= 11 is 0. The average Bonchev–Trinajstić information content (AvgIpc) is 2.89. The van der Waals surface area contributed by atoms with Gasteiger partial charge in [0, 0.05) is 31.4 Å². The topological polar surface area (TPSA) is 86.0 Å². The first kappa shape index (κ1) is 11.2. The summed E-state index contributed by atoms with van der Waals surface area (Å²) in [5.41, 5.74) is 0.611. The maximum Gasteiger partial charge on any atom is 0.228 e. The molecule has 0 aliphatic carbocycles. The Morgan fingerprint density at radius 3 is 3.17 bits per heavy atom. The molecule has 0 spiro atoms. The summed E-state index contributed by atoms with van der Waals surface area (Å²) in [4.78, 5) is 12.4. The van der Waals surface area contributed by atoms with Crippen LogP contribution in [0.1, 0.15) is 5.89 Å². The van der Waals surface area contributed by atoms with Crippen LogP contribution in [-0.2, 0) is 11.2 Å². The maximum absolute atomic E-state index is 5.37. The van der Waals surface area contributed by atoms with Gasteiger partial charge in [0.2, 0.25) is 11.7 Å². The fourth-order valence-corrected chi connectivity index (χ4v) is 1.82. The van der Waals surface area contributed by atoms with Gasteiger partial charge in [-0.3, -0.25) is 4.98 Å². The molecule has 7 heteroatoms. The summed E-state index contributed by atoms with van der Waals surface area (Å²) in [7, 11) is 0. The smallest absolute Gasteiger partial charge is 0.228 e. The van der Waals surface area contributed by atoms with Gasteiger partial charge < -0.3 is 14.6 Å². The van der Waals surface area contributed by atoms with Crippen molar-refractivity contribution in [3.8, 4) is 11.5 Å². The van der Waals surface area contributed by atoms with Crippen LogP contribution >= 0.6 is 0 Å². The van der Waals surface area contributed by atoms with Crippen molar-refractivity contribution in [1.29, 1.82) is 0 Å². The van der Waals surface area contributed by atoms with E-state index >= 15 is 0 Å². The van der Waals surface area contributed by atoms with Gasteiger partial charge in [-0.05, 0) is 0 Å². The van der Waals surface area contributed by atoms with Crippen molar-refractivity contribution in [2.75, 3.05) is 19.8 Å². The zero-order valence-corrected chi connectivity index (χ0v) is 9.74. The minimum absolute atomic E-state index is 0.230. The molecule has 7 nitrogen and oxygen atoms in total. The van der Waals surface area contributed by atoms with Crippen LogP contribution < -0.4 is 5.32 Å². The van der Waals surface area contributed by atoms with Crippen molar-refractivity contribution in [3.05, 3.63) is 24.5 Å². The number of aromatic nitrogens is 4. The van der Waals surface area contributed by atoms with E-state index in [4.69, 9.17) is 9.26 Å². The normalized spacial score (nSPS) is 19.9. The highest BCUT2D eigenvalue weighted by molar-refractivity contribution is 5.45. The van der Waals surface area contributed by atoms with E-state index in [9.17, 15) is 0 Å². The Morgan fingerprint density at radius 1 is 1.39 bits per heavy atom. The third-order valence-corrected chi connectivity index (χ3v) is 2.68. The Labute approximate surface area is 104 Å². The number of ether oxygens (including phenoxy) is 1. The van der Waals surface area contributed by atoms with Crippen LogP contribution in [0.4, 0.5) is 0 Å². The van der Waals surface area contributed by atoms with Gasteiger partial charge in [0.1, 0.15) is 5.69 Å². The molecule has 94 valence electrons. The minimum atomic E-state index is 0.230. The molecular formula is C11H13N5O2. The number of morpholine rings is 1. The molecule has 1 N–H and O–H groups in total. The fourth-order valence-electron chi connectivity index (χ4n) is 1.82. The van der Waals surface area contributed by atoms with E-state index in [1.54, 1.807) is 18.6 Å². The number of hydrogen-bond donors (Lipinski definition) is 1. The number of nitrogens with one attached hydrogen (secondary N) is 1. The van der Waals surface area contributed by atoms with Gasteiger partial charge in [-0.25, -0.2) is 4.98 Å². The summed E-state index contributed by atoms with van der Waals surface area (Å²) in [6, 6.07) is 0.230. The lowest BCUT2D eigenvalue weighted by Crippen LogP contribution is -2.42. The third kappa shape index (κ3) is 2.52. The first-order valence-electron chi connectivity index (χ1n) is 5.82. The number of hydrogen-bond acceptors (Lipinski definition) is 7. The van der Waals surface area contributed by atoms with E-state index in [-0.39, 0.29) is 6.04 Å². The van der Waals surface area contributed by atoms with Crippen LogP contribution in [0.25, 0.3) is 11.5 Å². The highest BCUT2D eigenvalue weighted by Gasteiger charge is 2.18. The highest BCUT2D eigenvalue weighted by atomic mass is 16.5.